The lowest BCUT2D eigenvalue weighted by Gasteiger charge is -2.60. The van der Waals surface area contributed by atoms with Crippen LogP contribution in [0.25, 0.3) is 11.0 Å². The summed E-state index contributed by atoms with van der Waals surface area (Å²) < 4.78 is 9.05. The molecule has 0 amide bonds. The summed E-state index contributed by atoms with van der Waals surface area (Å²) in [7, 11) is 3.48. The number of fused-ring (bicyclic) bond motifs is 1. The maximum Gasteiger partial charge on any atom is 0.328 e. The van der Waals surface area contributed by atoms with Gasteiger partial charge in [-0.25, -0.2) is 4.79 Å². The maximum atomic E-state index is 12.1. The normalized spacial score (nSPS) is 30.2. The summed E-state index contributed by atoms with van der Waals surface area (Å²) in [6, 6.07) is 13.6. The Morgan fingerprint density at radius 3 is 2.40 bits per heavy atom. The van der Waals surface area contributed by atoms with Gasteiger partial charge in [0.05, 0.1) is 16.6 Å². The van der Waals surface area contributed by atoms with Gasteiger partial charge in [0, 0.05) is 26.2 Å². The van der Waals surface area contributed by atoms with E-state index in [4.69, 9.17) is 4.74 Å². The molecule has 1 heterocycles. The van der Waals surface area contributed by atoms with Crippen LogP contribution >= 0.6 is 0 Å². The molecule has 4 aliphatic rings. The largest absolute Gasteiger partial charge is 0.491 e. The Morgan fingerprint density at radius 1 is 1.03 bits per heavy atom. The molecule has 7 rings (SSSR count). The van der Waals surface area contributed by atoms with Gasteiger partial charge in [0.2, 0.25) is 0 Å². The van der Waals surface area contributed by atoms with Gasteiger partial charge in [-0.3, -0.25) is 9.13 Å². The van der Waals surface area contributed by atoms with Crippen molar-refractivity contribution in [2.45, 2.75) is 62.3 Å². The lowest BCUT2D eigenvalue weighted by molar-refractivity contribution is -0.142. The van der Waals surface area contributed by atoms with Crippen molar-refractivity contribution in [3.63, 3.8) is 0 Å². The van der Waals surface area contributed by atoms with Gasteiger partial charge in [-0.05, 0) is 85.8 Å². The van der Waals surface area contributed by atoms with Crippen molar-refractivity contribution in [3.05, 3.63) is 64.1 Å². The number of rotatable bonds is 7. The molecule has 35 heavy (non-hydrogen) atoms. The first kappa shape index (κ1) is 22.8. The van der Waals surface area contributed by atoms with Crippen LogP contribution < -0.4 is 15.7 Å². The number of nitrogens with zero attached hydrogens (tertiary/aromatic N) is 2. The number of aliphatic hydroxyl groups is 2. The van der Waals surface area contributed by atoms with Crippen LogP contribution in [0.3, 0.4) is 0 Å². The van der Waals surface area contributed by atoms with Gasteiger partial charge in [0.15, 0.2) is 0 Å². The second-order valence-corrected chi connectivity index (χ2v) is 11.4. The molecule has 1 aromatic heterocycles. The minimum Gasteiger partial charge on any atom is -0.491 e. The van der Waals surface area contributed by atoms with E-state index in [1.165, 1.54) is 24.8 Å². The number of aryl methyl sites for hydroxylation is 2. The summed E-state index contributed by atoms with van der Waals surface area (Å²) in [6.07, 6.45) is 5.74. The molecule has 3 aromatic rings. The van der Waals surface area contributed by atoms with Crippen LogP contribution in [0.2, 0.25) is 0 Å². The van der Waals surface area contributed by atoms with Gasteiger partial charge in [-0.2, -0.15) is 0 Å². The van der Waals surface area contributed by atoms with Crippen molar-refractivity contribution in [1.29, 1.82) is 0 Å². The molecule has 4 aliphatic carbocycles. The number of ether oxygens (including phenoxy) is 1. The van der Waals surface area contributed by atoms with E-state index >= 15 is 0 Å². The predicted octanol–water partition coefficient (Wildman–Crippen LogP) is 3.16. The zero-order valence-electron chi connectivity index (χ0n) is 20.5. The third-order valence-electron chi connectivity index (χ3n) is 8.71. The van der Waals surface area contributed by atoms with Crippen LogP contribution in [0.4, 0.5) is 0 Å². The highest BCUT2D eigenvalue weighted by Gasteiger charge is 2.56. The molecular formula is C28H35N3O4. The fourth-order valence-electron chi connectivity index (χ4n) is 7.42. The number of imidazole rings is 1. The van der Waals surface area contributed by atoms with Crippen molar-refractivity contribution in [2.75, 3.05) is 6.61 Å². The summed E-state index contributed by atoms with van der Waals surface area (Å²) in [5, 5.41) is 25.5. The monoisotopic (exact) mass is 477 g/mol. The number of nitrogens with one attached hydrogen (secondary N) is 1. The van der Waals surface area contributed by atoms with Gasteiger partial charge < -0.3 is 20.3 Å². The third-order valence-corrected chi connectivity index (χ3v) is 8.71. The third kappa shape index (κ3) is 4.09. The molecule has 4 saturated carbocycles. The van der Waals surface area contributed by atoms with E-state index in [9.17, 15) is 15.0 Å². The van der Waals surface area contributed by atoms with Crippen molar-refractivity contribution >= 4 is 11.0 Å². The van der Waals surface area contributed by atoms with E-state index in [-0.39, 0.29) is 17.8 Å². The molecule has 0 spiro atoms. The highest BCUT2D eigenvalue weighted by Crippen LogP contribution is 2.57. The second-order valence-electron chi connectivity index (χ2n) is 11.4. The summed E-state index contributed by atoms with van der Waals surface area (Å²) >= 11 is 0. The van der Waals surface area contributed by atoms with Gasteiger partial charge in [-0.15, -0.1) is 0 Å². The quantitative estimate of drug-likeness (QED) is 0.487. The number of hydrogen-bond donors (Lipinski definition) is 3. The molecule has 2 aromatic carbocycles. The highest BCUT2D eigenvalue weighted by molar-refractivity contribution is 5.77. The highest BCUT2D eigenvalue weighted by atomic mass is 16.5. The Morgan fingerprint density at radius 2 is 1.71 bits per heavy atom. The lowest BCUT2D eigenvalue weighted by atomic mass is 9.51. The maximum absolute atomic E-state index is 12.1. The topological polar surface area (TPSA) is 88.7 Å². The predicted molar refractivity (Wildman–Crippen MR) is 134 cm³/mol. The minimum absolute atomic E-state index is 0.0848. The molecule has 4 fully saturated rings. The zero-order chi connectivity index (χ0) is 24.4. The average Bonchev–Trinajstić information content (AvgIpc) is 3.04. The Kier molecular flexibility index (Phi) is 5.36. The van der Waals surface area contributed by atoms with Crippen LogP contribution in [0.15, 0.2) is 47.3 Å². The SMILES string of the molecule is Cn1c(=O)n(C)c2cc([C@H](O)COc3ccc(CNC45C[C@H]6C[C@@H](CC(O)(C6)C4)C5)cc3)ccc21. The van der Waals surface area contributed by atoms with Crippen LogP contribution in [-0.2, 0) is 20.6 Å². The van der Waals surface area contributed by atoms with E-state index in [0.29, 0.717) is 17.6 Å². The van der Waals surface area contributed by atoms with Crippen LogP contribution in [0, 0.1) is 11.8 Å². The van der Waals surface area contributed by atoms with E-state index in [0.717, 1.165) is 42.4 Å². The molecule has 0 unspecified atom stereocenters. The van der Waals surface area contributed by atoms with Crippen molar-refractivity contribution in [2.24, 2.45) is 25.9 Å². The zero-order valence-corrected chi connectivity index (χ0v) is 20.5. The Bertz CT molecular complexity index is 1290. The molecular weight excluding hydrogens is 442 g/mol. The smallest absolute Gasteiger partial charge is 0.328 e. The molecule has 7 heteroatoms. The summed E-state index contributed by atoms with van der Waals surface area (Å²) in [5.74, 6) is 2.05. The van der Waals surface area contributed by atoms with Crippen LogP contribution in [0.1, 0.15) is 55.8 Å². The lowest BCUT2D eigenvalue weighted by Crippen LogP contribution is -2.64. The van der Waals surface area contributed by atoms with Gasteiger partial charge in [0.25, 0.3) is 0 Å². The minimum atomic E-state index is -0.794. The molecule has 0 radical (unpaired) electrons. The first-order valence-corrected chi connectivity index (χ1v) is 12.8. The van der Waals surface area contributed by atoms with Crippen LogP contribution in [-0.4, -0.2) is 37.1 Å². The summed E-state index contributed by atoms with van der Waals surface area (Å²) in [6.45, 7) is 0.919. The number of aromatic nitrogens is 2. The molecule has 3 N–H and O–H groups in total. The molecule has 0 aliphatic heterocycles. The first-order chi connectivity index (χ1) is 16.7. The molecule has 4 bridgehead atoms. The summed E-state index contributed by atoms with van der Waals surface area (Å²) in [4.78, 5) is 12.1. The first-order valence-electron chi connectivity index (χ1n) is 12.8. The van der Waals surface area contributed by atoms with Gasteiger partial charge >= 0.3 is 5.69 Å². The number of hydrogen-bond acceptors (Lipinski definition) is 5. The average molecular weight is 478 g/mol. The van der Waals surface area contributed by atoms with Crippen molar-refractivity contribution < 1.29 is 14.9 Å². The Labute approximate surface area is 205 Å². The van der Waals surface area contributed by atoms with Gasteiger partial charge in [0.1, 0.15) is 18.5 Å². The molecule has 0 saturated heterocycles. The Balaban J connectivity index is 1.06. The van der Waals surface area contributed by atoms with E-state index in [1.54, 1.807) is 23.2 Å². The standard InChI is InChI=1S/C28H35N3O4/c1-30-23-8-5-21(10-24(23)31(2)26(30)33)25(32)16-35-22-6-3-18(4-7-22)15-29-27-11-19-9-20(12-27)14-28(34,13-19)17-27/h3-8,10,19-20,25,29,32,34H,9,11-17H2,1-2H3/t19-,20-,25-,27?,28?/m1/s1. The van der Waals surface area contributed by atoms with E-state index in [2.05, 4.69) is 17.4 Å². The van der Waals surface area contributed by atoms with E-state index in [1.807, 2.05) is 30.3 Å². The van der Waals surface area contributed by atoms with Crippen LogP contribution in [0.5, 0.6) is 5.75 Å². The fraction of sp³-hybridized carbons (Fsp3) is 0.536. The van der Waals surface area contributed by atoms with E-state index < -0.39 is 11.7 Å². The van der Waals surface area contributed by atoms with Crippen molar-refractivity contribution in [3.8, 4) is 5.75 Å². The fourth-order valence-corrected chi connectivity index (χ4v) is 7.42. The van der Waals surface area contributed by atoms with Gasteiger partial charge in [-0.1, -0.05) is 18.2 Å². The molecule has 186 valence electrons. The van der Waals surface area contributed by atoms with Crippen molar-refractivity contribution in [1.82, 2.24) is 14.5 Å². The number of benzene rings is 2. The molecule has 7 nitrogen and oxygen atoms in total. The second kappa shape index (κ2) is 8.22. The summed E-state index contributed by atoms with van der Waals surface area (Å²) in [5.41, 5.74) is 3.08. The molecule has 3 atom stereocenters. The Hall–Kier alpha value is -2.61. The number of aliphatic hydroxyl groups excluding tert-OH is 1.